The third kappa shape index (κ3) is 5.52. The minimum Gasteiger partial charge on any atom is -0.384 e. The first-order chi connectivity index (χ1) is 17.7. The van der Waals surface area contributed by atoms with E-state index >= 15 is 0 Å². The molecule has 4 aromatic rings. The fraction of sp³-hybridized carbons (Fsp3) is 0.286. The summed E-state index contributed by atoms with van der Waals surface area (Å²) >= 11 is 0. The maximum Gasteiger partial charge on any atom is 0.268 e. The lowest BCUT2D eigenvalue weighted by Crippen LogP contribution is -2.43. The second-order valence-electron chi connectivity index (χ2n) is 9.85. The van der Waals surface area contributed by atoms with Crippen LogP contribution in [0.4, 0.5) is 0 Å². The van der Waals surface area contributed by atoms with Gasteiger partial charge in [0.2, 0.25) is 10.0 Å². The van der Waals surface area contributed by atoms with Crippen LogP contribution < -0.4 is 15.8 Å². The molecular formula is C28H31N5O3S. The number of sulfonamides is 1. The number of carbonyl (C=O) groups excluding carboxylic acids is 1. The van der Waals surface area contributed by atoms with Crippen molar-refractivity contribution in [2.24, 2.45) is 5.73 Å². The van der Waals surface area contributed by atoms with Gasteiger partial charge in [0.05, 0.1) is 6.26 Å². The Kier molecular flexibility index (Phi) is 6.74. The molecule has 192 valence electrons. The molecule has 0 bridgehead atoms. The second-order valence-corrected chi connectivity index (χ2v) is 11.6. The molecule has 1 aliphatic carbocycles. The van der Waals surface area contributed by atoms with Crippen molar-refractivity contribution in [2.75, 3.05) is 6.26 Å². The largest absolute Gasteiger partial charge is 0.384 e. The van der Waals surface area contributed by atoms with Crippen LogP contribution in [0.25, 0.3) is 21.7 Å². The molecule has 1 aromatic heterocycles. The number of nitrogens with zero attached hydrogens (tertiary/aromatic N) is 1. The maximum absolute atomic E-state index is 13.6. The lowest BCUT2D eigenvalue weighted by atomic mass is 9.92. The second kappa shape index (κ2) is 9.99. The van der Waals surface area contributed by atoms with Crippen molar-refractivity contribution in [3.63, 3.8) is 0 Å². The van der Waals surface area contributed by atoms with Crippen molar-refractivity contribution in [3.05, 3.63) is 83.6 Å². The molecule has 9 heteroatoms. The first kappa shape index (κ1) is 25.0. The van der Waals surface area contributed by atoms with E-state index in [1.807, 2.05) is 41.0 Å². The average Bonchev–Trinajstić information content (AvgIpc) is 3.22. The van der Waals surface area contributed by atoms with E-state index in [2.05, 4.69) is 34.3 Å². The number of hydrogen-bond acceptors (Lipinski definition) is 4. The van der Waals surface area contributed by atoms with Crippen LogP contribution in [0.3, 0.4) is 0 Å². The van der Waals surface area contributed by atoms with E-state index in [-0.39, 0.29) is 23.8 Å². The zero-order chi connectivity index (χ0) is 26.2. The van der Waals surface area contributed by atoms with E-state index in [9.17, 15) is 13.2 Å². The van der Waals surface area contributed by atoms with Gasteiger partial charge in [-0.15, -0.1) is 0 Å². The fourth-order valence-electron chi connectivity index (χ4n) is 5.30. The molecule has 0 unspecified atom stereocenters. The number of benzene rings is 3. The molecule has 1 fully saturated rings. The zero-order valence-electron chi connectivity index (χ0n) is 20.7. The molecule has 0 atom stereocenters. The fourth-order valence-corrected chi connectivity index (χ4v) is 6.14. The number of amides is 1. The molecule has 0 aliphatic heterocycles. The Morgan fingerprint density at radius 3 is 2.41 bits per heavy atom. The number of nitrogen functional groups attached to an aromatic ring is 1. The van der Waals surface area contributed by atoms with Crippen molar-refractivity contribution in [1.29, 1.82) is 5.41 Å². The first-order valence-electron chi connectivity index (χ1n) is 12.4. The molecule has 1 amide bonds. The molecule has 3 aromatic carbocycles. The lowest BCUT2D eigenvalue weighted by molar-refractivity contribution is 0.0916. The normalized spacial score (nSPS) is 18.2. The van der Waals surface area contributed by atoms with Gasteiger partial charge in [0, 0.05) is 35.1 Å². The topological polar surface area (TPSA) is 130 Å². The number of fused-ring (bicyclic) bond motifs is 2. The number of nitrogens with two attached hydrogens (primary N) is 1. The predicted molar refractivity (Wildman–Crippen MR) is 147 cm³/mol. The summed E-state index contributed by atoms with van der Waals surface area (Å²) in [7, 11) is -3.25. The van der Waals surface area contributed by atoms with Crippen molar-refractivity contribution in [2.45, 2.75) is 44.3 Å². The van der Waals surface area contributed by atoms with E-state index in [0.717, 1.165) is 27.2 Å². The highest BCUT2D eigenvalue weighted by atomic mass is 32.2. The summed E-state index contributed by atoms with van der Waals surface area (Å²) in [6.07, 6.45) is 3.94. The maximum atomic E-state index is 13.6. The molecule has 1 saturated carbocycles. The van der Waals surface area contributed by atoms with Crippen molar-refractivity contribution in [3.8, 4) is 0 Å². The van der Waals surface area contributed by atoms with E-state index in [4.69, 9.17) is 11.1 Å². The highest BCUT2D eigenvalue weighted by Crippen LogP contribution is 2.27. The molecule has 1 heterocycles. The van der Waals surface area contributed by atoms with Crippen molar-refractivity contribution in [1.82, 2.24) is 14.6 Å². The molecule has 0 saturated heterocycles. The summed E-state index contributed by atoms with van der Waals surface area (Å²) in [5.74, 6) is -0.189. The van der Waals surface area contributed by atoms with Crippen LogP contribution >= 0.6 is 0 Å². The Hall–Kier alpha value is -3.69. The number of nitrogens with one attached hydrogen (secondary N) is 3. The van der Waals surface area contributed by atoms with Gasteiger partial charge in [-0.3, -0.25) is 10.2 Å². The van der Waals surface area contributed by atoms with Crippen LogP contribution in [0.2, 0.25) is 0 Å². The van der Waals surface area contributed by atoms with Crippen molar-refractivity contribution < 1.29 is 13.2 Å². The van der Waals surface area contributed by atoms with Gasteiger partial charge in [-0.2, -0.15) is 0 Å². The molecule has 5 rings (SSSR count). The molecular weight excluding hydrogens is 486 g/mol. The van der Waals surface area contributed by atoms with Crippen molar-refractivity contribution >= 4 is 43.4 Å². The van der Waals surface area contributed by atoms with Crippen LogP contribution in [0, 0.1) is 5.41 Å². The predicted octanol–water partition coefficient (Wildman–Crippen LogP) is 3.72. The third-order valence-corrected chi connectivity index (χ3v) is 7.86. The Morgan fingerprint density at radius 2 is 1.68 bits per heavy atom. The standard InChI is InChI=1S/C28H31N5O3S/c1-37(35,36)32-23-13-11-22(12-14-23)31-28(34)26-15-19-9-10-20(27(29)30)16-25(19)33(26)17-21-7-4-6-18-5-2-3-8-24(18)21/h2-10,15-16,22-23,32H,11-14,17H2,1H3,(H3,29,30)(H,31,34). The summed E-state index contributed by atoms with van der Waals surface area (Å²) in [4.78, 5) is 13.6. The highest BCUT2D eigenvalue weighted by molar-refractivity contribution is 7.88. The minimum absolute atomic E-state index is 0.0229. The number of carbonyl (C=O) groups is 1. The Bertz CT molecular complexity index is 1600. The summed E-state index contributed by atoms with van der Waals surface area (Å²) in [6.45, 7) is 0.486. The summed E-state index contributed by atoms with van der Waals surface area (Å²) in [6, 6.07) is 21.7. The Labute approximate surface area is 216 Å². The molecule has 8 nitrogen and oxygen atoms in total. The quantitative estimate of drug-likeness (QED) is 0.220. The average molecular weight is 518 g/mol. The van der Waals surface area contributed by atoms with E-state index in [1.165, 1.54) is 6.26 Å². The third-order valence-electron chi connectivity index (χ3n) is 7.10. The van der Waals surface area contributed by atoms with Gasteiger partial charge in [-0.05, 0) is 54.2 Å². The van der Waals surface area contributed by atoms with Gasteiger partial charge in [0.1, 0.15) is 11.5 Å². The Morgan fingerprint density at radius 1 is 0.973 bits per heavy atom. The lowest BCUT2D eigenvalue weighted by Gasteiger charge is -2.29. The van der Waals surface area contributed by atoms with Gasteiger partial charge in [-0.1, -0.05) is 54.6 Å². The van der Waals surface area contributed by atoms with Crippen LogP contribution in [0.1, 0.15) is 47.3 Å². The summed E-state index contributed by atoms with van der Waals surface area (Å²) in [5.41, 5.74) is 8.85. The van der Waals surface area contributed by atoms with E-state index < -0.39 is 10.0 Å². The molecule has 0 spiro atoms. The zero-order valence-corrected chi connectivity index (χ0v) is 21.5. The van der Waals surface area contributed by atoms with Gasteiger partial charge in [-0.25, -0.2) is 13.1 Å². The summed E-state index contributed by atoms with van der Waals surface area (Å²) in [5, 5.41) is 14.2. The Balaban J connectivity index is 1.46. The number of hydrogen-bond donors (Lipinski definition) is 4. The van der Waals surface area contributed by atoms with E-state index in [0.29, 0.717) is 43.5 Å². The first-order valence-corrected chi connectivity index (χ1v) is 14.3. The van der Waals surface area contributed by atoms with Crippen LogP contribution in [0.15, 0.2) is 66.7 Å². The number of rotatable bonds is 7. The SMILES string of the molecule is CS(=O)(=O)NC1CCC(NC(=O)c2cc3ccc(C(=N)N)cc3n2Cc2cccc3ccccc23)CC1. The van der Waals surface area contributed by atoms with Crippen LogP contribution in [-0.4, -0.2) is 43.1 Å². The molecule has 0 radical (unpaired) electrons. The minimum atomic E-state index is -3.25. The molecule has 5 N–H and O–H groups in total. The monoisotopic (exact) mass is 517 g/mol. The highest BCUT2D eigenvalue weighted by Gasteiger charge is 2.26. The smallest absolute Gasteiger partial charge is 0.268 e. The van der Waals surface area contributed by atoms with Crippen LogP contribution in [-0.2, 0) is 16.6 Å². The molecule has 37 heavy (non-hydrogen) atoms. The number of amidine groups is 1. The summed E-state index contributed by atoms with van der Waals surface area (Å²) < 4.78 is 27.8. The van der Waals surface area contributed by atoms with Crippen LogP contribution in [0.5, 0.6) is 0 Å². The van der Waals surface area contributed by atoms with Gasteiger partial charge in [0.15, 0.2) is 0 Å². The number of aromatic nitrogens is 1. The molecule has 1 aliphatic rings. The van der Waals surface area contributed by atoms with Gasteiger partial charge in [0.25, 0.3) is 5.91 Å². The van der Waals surface area contributed by atoms with Gasteiger partial charge < -0.3 is 15.6 Å². The van der Waals surface area contributed by atoms with E-state index in [1.54, 1.807) is 6.07 Å². The van der Waals surface area contributed by atoms with Gasteiger partial charge >= 0.3 is 0 Å².